The molecule has 1 aliphatic carbocycles. The van der Waals surface area contributed by atoms with Crippen molar-refractivity contribution in [2.45, 2.75) is 58.4 Å². The van der Waals surface area contributed by atoms with Crippen LogP contribution < -0.4 is 15.5 Å². The summed E-state index contributed by atoms with van der Waals surface area (Å²) in [6, 6.07) is 7.13. The molecule has 7 nitrogen and oxygen atoms in total. The fourth-order valence-corrected chi connectivity index (χ4v) is 4.43. The Labute approximate surface area is 172 Å². The van der Waals surface area contributed by atoms with Crippen molar-refractivity contribution in [2.75, 3.05) is 29.9 Å². The lowest BCUT2D eigenvalue weighted by atomic mass is 9.75. The summed E-state index contributed by atoms with van der Waals surface area (Å²) in [6.07, 6.45) is 4.27. The summed E-state index contributed by atoms with van der Waals surface area (Å²) in [5.41, 5.74) is 0.928. The van der Waals surface area contributed by atoms with E-state index >= 15 is 0 Å². The van der Waals surface area contributed by atoms with E-state index in [0.29, 0.717) is 24.4 Å². The van der Waals surface area contributed by atoms with Crippen molar-refractivity contribution < 1.29 is 14.4 Å². The molecule has 7 heteroatoms. The van der Waals surface area contributed by atoms with E-state index in [9.17, 15) is 14.4 Å². The number of urea groups is 1. The van der Waals surface area contributed by atoms with E-state index in [1.54, 1.807) is 0 Å². The third-order valence-electron chi connectivity index (χ3n) is 6.36. The van der Waals surface area contributed by atoms with Crippen LogP contribution in [0.25, 0.3) is 0 Å². The number of anilines is 2. The number of rotatable bonds is 7. The number of carbonyl (C=O) groups excluding carboxylic acids is 3. The van der Waals surface area contributed by atoms with E-state index < -0.39 is 11.6 Å². The van der Waals surface area contributed by atoms with Gasteiger partial charge in [0.1, 0.15) is 12.1 Å². The Hall–Kier alpha value is -2.57. The van der Waals surface area contributed by atoms with E-state index in [1.807, 2.05) is 24.3 Å². The Kier molecular flexibility index (Phi) is 6.45. The summed E-state index contributed by atoms with van der Waals surface area (Å²) >= 11 is 0. The van der Waals surface area contributed by atoms with Crippen molar-refractivity contribution in [3.63, 3.8) is 0 Å². The standard InChI is InChI=1S/C22H32N4O3/c1-4-16-11-13-22(14-12-16)20(28)26(21(29)24-22)15-19(27)23-17-7-9-18(10-8-17)25(5-2)6-3/h7-10,16H,4-6,11-15H2,1-3H3,(H,23,27)(H,24,29). The number of nitrogens with zero attached hydrogens (tertiary/aromatic N) is 2. The molecule has 0 unspecified atom stereocenters. The second kappa shape index (κ2) is 8.84. The van der Waals surface area contributed by atoms with Crippen molar-refractivity contribution in [1.29, 1.82) is 0 Å². The second-order valence-electron chi connectivity index (χ2n) is 8.02. The summed E-state index contributed by atoms with van der Waals surface area (Å²) in [7, 11) is 0. The van der Waals surface area contributed by atoms with Crippen LogP contribution in [0.5, 0.6) is 0 Å². The maximum atomic E-state index is 12.9. The Bertz CT molecular complexity index is 750. The fraction of sp³-hybridized carbons (Fsp3) is 0.591. The smallest absolute Gasteiger partial charge is 0.325 e. The topological polar surface area (TPSA) is 81.8 Å². The molecule has 29 heavy (non-hydrogen) atoms. The lowest BCUT2D eigenvalue weighted by Gasteiger charge is -2.34. The fourth-order valence-electron chi connectivity index (χ4n) is 4.43. The summed E-state index contributed by atoms with van der Waals surface area (Å²) in [4.78, 5) is 41.0. The molecule has 2 fully saturated rings. The van der Waals surface area contributed by atoms with E-state index in [1.165, 1.54) is 0 Å². The molecule has 1 saturated heterocycles. The molecule has 0 radical (unpaired) electrons. The van der Waals surface area contributed by atoms with Gasteiger partial charge >= 0.3 is 6.03 Å². The molecule has 0 bridgehead atoms. The lowest BCUT2D eigenvalue weighted by molar-refractivity contribution is -0.135. The van der Waals surface area contributed by atoms with Gasteiger partial charge in [0.15, 0.2) is 0 Å². The predicted molar refractivity (Wildman–Crippen MR) is 114 cm³/mol. The van der Waals surface area contributed by atoms with E-state index in [2.05, 4.69) is 36.3 Å². The maximum absolute atomic E-state index is 12.9. The first-order valence-corrected chi connectivity index (χ1v) is 10.7. The molecule has 0 atom stereocenters. The van der Waals surface area contributed by atoms with Gasteiger partial charge in [-0.25, -0.2) is 4.79 Å². The quantitative estimate of drug-likeness (QED) is 0.688. The third kappa shape index (κ3) is 4.38. The Morgan fingerprint density at radius 2 is 1.76 bits per heavy atom. The van der Waals surface area contributed by atoms with Crippen LogP contribution in [0.4, 0.5) is 16.2 Å². The molecule has 1 heterocycles. The van der Waals surface area contributed by atoms with Gasteiger partial charge in [-0.3, -0.25) is 14.5 Å². The number of hydrogen-bond acceptors (Lipinski definition) is 4. The molecule has 3 rings (SSSR count). The molecule has 4 amide bonds. The van der Waals surface area contributed by atoms with Crippen LogP contribution >= 0.6 is 0 Å². The van der Waals surface area contributed by atoms with Crippen molar-refractivity contribution >= 4 is 29.2 Å². The lowest BCUT2D eigenvalue weighted by Crippen LogP contribution is -2.49. The van der Waals surface area contributed by atoms with Crippen molar-refractivity contribution in [1.82, 2.24) is 10.2 Å². The van der Waals surface area contributed by atoms with Crippen LogP contribution in [0.3, 0.4) is 0 Å². The molecular weight excluding hydrogens is 368 g/mol. The van der Waals surface area contributed by atoms with Crippen LogP contribution in [0.15, 0.2) is 24.3 Å². The SMILES string of the molecule is CCC1CCC2(CC1)NC(=O)N(CC(=O)Nc1ccc(N(CC)CC)cc1)C2=O. The van der Waals surface area contributed by atoms with Crippen LogP contribution in [0.2, 0.25) is 0 Å². The molecule has 0 aromatic heterocycles. The van der Waals surface area contributed by atoms with Gasteiger partial charge in [-0.1, -0.05) is 13.3 Å². The van der Waals surface area contributed by atoms with Gasteiger partial charge in [0.2, 0.25) is 5.91 Å². The van der Waals surface area contributed by atoms with Gasteiger partial charge in [0.05, 0.1) is 0 Å². The number of nitrogens with one attached hydrogen (secondary N) is 2. The highest BCUT2D eigenvalue weighted by atomic mass is 16.2. The average molecular weight is 401 g/mol. The van der Waals surface area contributed by atoms with Crippen LogP contribution in [0, 0.1) is 5.92 Å². The summed E-state index contributed by atoms with van der Waals surface area (Å²) < 4.78 is 0. The average Bonchev–Trinajstić information content (AvgIpc) is 2.95. The highest BCUT2D eigenvalue weighted by molar-refractivity contribution is 6.10. The molecule has 158 valence electrons. The predicted octanol–water partition coefficient (Wildman–Crippen LogP) is 3.36. The Balaban J connectivity index is 1.59. The van der Waals surface area contributed by atoms with Crippen LogP contribution in [0.1, 0.15) is 52.9 Å². The summed E-state index contributed by atoms with van der Waals surface area (Å²) in [6.45, 7) is 7.91. The molecule has 1 aromatic carbocycles. The Morgan fingerprint density at radius 3 is 2.31 bits per heavy atom. The first kappa shape index (κ1) is 21.1. The van der Waals surface area contributed by atoms with E-state index in [0.717, 1.165) is 42.9 Å². The number of hydrogen-bond donors (Lipinski definition) is 2. The zero-order chi connectivity index (χ0) is 21.0. The number of imide groups is 1. The number of carbonyl (C=O) groups is 3. The summed E-state index contributed by atoms with van der Waals surface area (Å²) in [5.74, 6) is -0.0190. The van der Waals surface area contributed by atoms with Gasteiger partial charge < -0.3 is 15.5 Å². The zero-order valence-electron chi connectivity index (χ0n) is 17.7. The Morgan fingerprint density at radius 1 is 1.14 bits per heavy atom. The first-order valence-electron chi connectivity index (χ1n) is 10.7. The van der Waals surface area contributed by atoms with Crippen LogP contribution in [-0.4, -0.2) is 47.9 Å². The van der Waals surface area contributed by atoms with Gasteiger partial charge in [-0.15, -0.1) is 0 Å². The van der Waals surface area contributed by atoms with Gasteiger partial charge in [0, 0.05) is 24.5 Å². The number of amides is 4. The highest BCUT2D eigenvalue weighted by Gasteiger charge is 2.52. The van der Waals surface area contributed by atoms with Gasteiger partial charge in [0.25, 0.3) is 5.91 Å². The highest BCUT2D eigenvalue weighted by Crippen LogP contribution is 2.37. The maximum Gasteiger partial charge on any atom is 0.325 e. The van der Waals surface area contributed by atoms with E-state index in [4.69, 9.17) is 0 Å². The van der Waals surface area contributed by atoms with Crippen LogP contribution in [-0.2, 0) is 9.59 Å². The second-order valence-corrected chi connectivity index (χ2v) is 8.02. The first-order chi connectivity index (χ1) is 13.9. The number of benzene rings is 1. The normalized spacial score (nSPS) is 24.0. The molecular formula is C22H32N4O3. The largest absolute Gasteiger partial charge is 0.372 e. The minimum absolute atomic E-state index is 0.260. The zero-order valence-corrected chi connectivity index (χ0v) is 17.7. The molecule has 1 saturated carbocycles. The molecule has 1 aliphatic heterocycles. The molecule has 1 spiro atoms. The third-order valence-corrected chi connectivity index (χ3v) is 6.36. The molecule has 2 aliphatic rings. The van der Waals surface area contributed by atoms with Crippen molar-refractivity contribution in [2.24, 2.45) is 5.92 Å². The van der Waals surface area contributed by atoms with Crippen molar-refractivity contribution in [3.8, 4) is 0 Å². The minimum Gasteiger partial charge on any atom is -0.372 e. The minimum atomic E-state index is -0.811. The molecule has 1 aromatic rings. The summed E-state index contributed by atoms with van der Waals surface area (Å²) in [5, 5.41) is 5.66. The molecule has 2 N–H and O–H groups in total. The van der Waals surface area contributed by atoms with E-state index in [-0.39, 0.29) is 18.4 Å². The monoisotopic (exact) mass is 400 g/mol. The van der Waals surface area contributed by atoms with Gasteiger partial charge in [-0.2, -0.15) is 0 Å². The van der Waals surface area contributed by atoms with Crippen molar-refractivity contribution in [3.05, 3.63) is 24.3 Å². The van der Waals surface area contributed by atoms with Gasteiger partial charge in [-0.05, 0) is 69.7 Å².